The van der Waals surface area contributed by atoms with Crippen LogP contribution in [0.5, 0.6) is 0 Å². The van der Waals surface area contributed by atoms with Gasteiger partial charge < -0.3 is 5.32 Å². The molecule has 0 spiro atoms. The standard InChI is InChI=1S/C13H27N/c1-5-12(14-6-2)11-7-9-13(3,4)10-8-11/h11-12,14H,5-10H2,1-4H3. The van der Waals surface area contributed by atoms with Crippen LogP contribution in [0.4, 0.5) is 0 Å². The molecule has 1 saturated carbocycles. The molecule has 1 nitrogen and oxygen atoms in total. The first-order valence-electron chi connectivity index (χ1n) is 6.32. The molecule has 1 heteroatoms. The summed E-state index contributed by atoms with van der Waals surface area (Å²) in [6, 6.07) is 0.774. The van der Waals surface area contributed by atoms with Crippen molar-refractivity contribution in [1.29, 1.82) is 0 Å². The first kappa shape index (κ1) is 12.0. The molecule has 0 aromatic carbocycles. The molecule has 1 aliphatic rings. The van der Waals surface area contributed by atoms with Gasteiger partial charge in [-0.1, -0.05) is 27.7 Å². The summed E-state index contributed by atoms with van der Waals surface area (Å²) in [5, 5.41) is 3.63. The maximum atomic E-state index is 3.63. The summed E-state index contributed by atoms with van der Waals surface area (Å²) in [5.41, 5.74) is 0.612. The minimum Gasteiger partial charge on any atom is -0.314 e. The van der Waals surface area contributed by atoms with E-state index in [0.717, 1.165) is 18.5 Å². The zero-order valence-electron chi connectivity index (χ0n) is 10.4. The molecule has 1 N–H and O–H groups in total. The molecule has 0 aliphatic heterocycles. The zero-order valence-corrected chi connectivity index (χ0v) is 10.4. The predicted octanol–water partition coefficient (Wildman–Crippen LogP) is 3.59. The molecule has 1 aliphatic carbocycles. The maximum Gasteiger partial charge on any atom is 0.00925 e. The van der Waals surface area contributed by atoms with E-state index in [0.29, 0.717) is 5.41 Å². The average molecular weight is 197 g/mol. The molecule has 0 amide bonds. The van der Waals surface area contributed by atoms with Crippen LogP contribution in [-0.2, 0) is 0 Å². The van der Waals surface area contributed by atoms with E-state index in [2.05, 4.69) is 33.0 Å². The van der Waals surface area contributed by atoms with Crippen LogP contribution in [0.3, 0.4) is 0 Å². The van der Waals surface area contributed by atoms with Gasteiger partial charge in [0.1, 0.15) is 0 Å². The quantitative estimate of drug-likeness (QED) is 0.726. The predicted molar refractivity (Wildman–Crippen MR) is 63.5 cm³/mol. The van der Waals surface area contributed by atoms with Gasteiger partial charge in [0.2, 0.25) is 0 Å². The smallest absolute Gasteiger partial charge is 0.00925 e. The van der Waals surface area contributed by atoms with E-state index in [4.69, 9.17) is 0 Å². The van der Waals surface area contributed by atoms with E-state index in [1.807, 2.05) is 0 Å². The summed E-state index contributed by atoms with van der Waals surface area (Å²) in [5.74, 6) is 0.938. The van der Waals surface area contributed by atoms with Gasteiger partial charge in [-0.25, -0.2) is 0 Å². The van der Waals surface area contributed by atoms with Gasteiger partial charge in [0.25, 0.3) is 0 Å². The van der Waals surface area contributed by atoms with Crippen LogP contribution >= 0.6 is 0 Å². The van der Waals surface area contributed by atoms with Crippen LogP contribution in [-0.4, -0.2) is 12.6 Å². The molecule has 1 fully saturated rings. The van der Waals surface area contributed by atoms with E-state index in [1.54, 1.807) is 0 Å². The highest BCUT2D eigenvalue weighted by Crippen LogP contribution is 2.39. The second-order valence-electron chi connectivity index (χ2n) is 5.57. The van der Waals surface area contributed by atoms with E-state index < -0.39 is 0 Å². The van der Waals surface area contributed by atoms with E-state index in [9.17, 15) is 0 Å². The Labute approximate surface area is 89.7 Å². The molecule has 1 atom stereocenters. The van der Waals surface area contributed by atoms with E-state index >= 15 is 0 Å². The van der Waals surface area contributed by atoms with Gasteiger partial charge in [-0.05, 0) is 50.0 Å². The Morgan fingerprint density at radius 1 is 1.21 bits per heavy atom. The molecule has 14 heavy (non-hydrogen) atoms. The summed E-state index contributed by atoms with van der Waals surface area (Å²) in [7, 11) is 0. The highest BCUT2D eigenvalue weighted by atomic mass is 14.9. The number of rotatable bonds is 4. The van der Waals surface area contributed by atoms with Crippen molar-refractivity contribution in [1.82, 2.24) is 5.32 Å². The fourth-order valence-corrected chi connectivity index (χ4v) is 2.73. The highest BCUT2D eigenvalue weighted by molar-refractivity contribution is 4.84. The fraction of sp³-hybridized carbons (Fsp3) is 1.00. The van der Waals surface area contributed by atoms with Crippen LogP contribution in [0.2, 0.25) is 0 Å². The van der Waals surface area contributed by atoms with E-state index in [-0.39, 0.29) is 0 Å². The van der Waals surface area contributed by atoms with Crippen molar-refractivity contribution in [2.75, 3.05) is 6.54 Å². The lowest BCUT2D eigenvalue weighted by molar-refractivity contribution is 0.160. The van der Waals surface area contributed by atoms with Crippen molar-refractivity contribution in [2.24, 2.45) is 11.3 Å². The zero-order chi connectivity index (χ0) is 10.6. The van der Waals surface area contributed by atoms with Crippen molar-refractivity contribution in [3.8, 4) is 0 Å². The van der Waals surface area contributed by atoms with Gasteiger partial charge in [0.05, 0.1) is 0 Å². The minimum atomic E-state index is 0.612. The van der Waals surface area contributed by atoms with Crippen LogP contribution in [0, 0.1) is 11.3 Å². The molecule has 0 bridgehead atoms. The maximum absolute atomic E-state index is 3.63. The van der Waals surface area contributed by atoms with Gasteiger partial charge in [-0.15, -0.1) is 0 Å². The van der Waals surface area contributed by atoms with Crippen LogP contribution in [0.15, 0.2) is 0 Å². The molecule has 0 aromatic rings. The normalized spacial score (nSPS) is 24.9. The molecule has 84 valence electrons. The van der Waals surface area contributed by atoms with Crippen LogP contribution in [0.25, 0.3) is 0 Å². The second-order valence-corrected chi connectivity index (χ2v) is 5.57. The van der Waals surface area contributed by atoms with Gasteiger partial charge in [0, 0.05) is 6.04 Å². The topological polar surface area (TPSA) is 12.0 Å². The summed E-state index contributed by atoms with van der Waals surface area (Å²) in [6.45, 7) is 10.5. The highest BCUT2D eigenvalue weighted by Gasteiger charge is 2.30. The summed E-state index contributed by atoms with van der Waals surface area (Å²) in [6.07, 6.45) is 6.98. The van der Waals surface area contributed by atoms with Crippen molar-refractivity contribution < 1.29 is 0 Å². The van der Waals surface area contributed by atoms with Gasteiger partial charge in [-0.2, -0.15) is 0 Å². The fourth-order valence-electron chi connectivity index (χ4n) is 2.73. The third-order valence-corrected chi connectivity index (χ3v) is 3.86. The summed E-state index contributed by atoms with van der Waals surface area (Å²) in [4.78, 5) is 0. The summed E-state index contributed by atoms with van der Waals surface area (Å²) >= 11 is 0. The largest absolute Gasteiger partial charge is 0.314 e. The van der Waals surface area contributed by atoms with E-state index in [1.165, 1.54) is 32.1 Å². The average Bonchev–Trinajstić information content (AvgIpc) is 2.15. The van der Waals surface area contributed by atoms with Crippen LogP contribution in [0.1, 0.15) is 59.8 Å². The van der Waals surface area contributed by atoms with Crippen molar-refractivity contribution >= 4 is 0 Å². The number of hydrogen-bond acceptors (Lipinski definition) is 1. The SMILES string of the molecule is CCNC(CC)C1CCC(C)(C)CC1. The third-order valence-electron chi connectivity index (χ3n) is 3.86. The lowest BCUT2D eigenvalue weighted by Crippen LogP contribution is -2.38. The third kappa shape index (κ3) is 3.27. The molecule has 1 unspecified atom stereocenters. The Hall–Kier alpha value is -0.0400. The van der Waals surface area contributed by atoms with Crippen LogP contribution < -0.4 is 5.32 Å². The summed E-state index contributed by atoms with van der Waals surface area (Å²) < 4.78 is 0. The Kier molecular flexibility index (Phi) is 4.43. The molecular weight excluding hydrogens is 170 g/mol. The molecule has 0 saturated heterocycles. The first-order valence-corrected chi connectivity index (χ1v) is 6.32. The van der Waals surface area contributed by atoms with Gasteiger partial charge >= 0.3 is 0 Å². The Bertz CT molecular complexity index is 153. The Morgan fingerprint density at radius 2 is 1.79 bits per heavy atom. The monoisotopic (exact) mass is 197 g/mol. The minimum absolute atomic E-state index is 0.612. The second kappa shape index (κ2) is 5.16. The van der Waals surface area contributed by atoms with Crippen molar-refractivity contribution in [3.05, 3.63) is 0 Å². The van der Waals surface area contributed by atoms with Gasteiger partial charge in [-0.3, -0.25) is 0 Å². The lowest BCUT2D eigenvalue weighted by atomic mass is 9.71. The molecular formula is C13H27N. The Balaban J connectivity index is 2.39. The first-order chi connectivity index (χ1) is 6.59. The van der Waals surface area contributed by atoms with Crippen molar-refractivity contribution in [3.63, 3.8) is 0 Å². The molecule has 0 radical (unpaired) electrons. The number of hydrogen-bond donors (Lipinski definition) is 1. The van der Waals surface area contributed by atoms with Gasteiger partial charge in [0.15, 0.2) is 0 Å². The lowest BCUT2D eigenvalue weighted by Gasteiger charge is -2.38. The van der Waals surface area contributed by atoms with Crippen molar-refractivity contribution in [2.45, 2.75) is 65.8 Å². The molecule has 1 rings (SSSR count). The molecule has 0 aromatic heterocycles. The molecule has 0 heterocycles. The Morgan fingerprint density at radius 3 is 2.21 bits per heavy atom. The number of nitrogens with one attached hydrogen (secondary N) is 1.